The zero-order chi connectivity index (χ0) is 12.4. The number of fused-ring (bicyclic) bond motifs is 1. The molecule has 0 bridgehead atoms. The van der Waals surface area contributed by atoms with E-state index >= 15 is 0 Å². The summed E-state index contributed by atoms with van der Waals surface area (Å²) < 4.78 is 0. The molecule has 0 aliphatic rings. The van der Waals surface area contributed by atoms with Crippen LogP contribution in [0.5, 0.6) is 0 Å². The maximum atomic E-state index is 9.94. The third-order valence-electron chi connectivity index (χ3n) is 2.76. The fourth-order valence-electron chi connectivity index (χ4n) is 1.88. The highest BCUT2D eigenvalue weighted by Gasteiger charge is 2.20. The molecule has 90 valence electrons. The van der Waals surface area contributed by atoms with Gasteiger partial charge >= 0.3 is 0 Å². The summed E-state index contributed by atoms with van der Waals surface area (Å²) in [6.45, 7) is -0.498. The predicted octanol–water partition coefficient (Wildman–Crippen LogP) is 1.88. The van der Waals surface area contributed by atoms with Gasteiger partial charge in [0.15, 0.2) is 0 Å². The van der Waals surface area contributed by atoms with Crippen molar-refractivity contribution in [2.24, 2.45) is 0 Å². The van der Waals surface area contributed by atoms with Crippen molar-refractivity contribution >= 4 is 22.4 Å². The van der Waals surface area contributed by atoms with Crippen LogP contribution in [0, 0.1) is 0 Å². The van der Waals surface area contributed by atoms with Gasteiger partial charge in [0.2, 0.25) is 0 Å². The quantitative estimate of drug-likeness (QED) is 0.782. The largest absolute Gasteiger partial charge is 0.394 e. The molecule has 0 aliphatic heterocycles. The number of aliphatic hydroxyl groups excluding tert-OH is 3. The molecule has 0 radical (unpaired) electrons. The van der Waals surface area contributed by atoms with Gasteiger partial charge in [-0.2, -0.15) is 0 Å². The third kappa shape index (κ3) is 2.28. The van der Waals surface area contributed by atoms with Crippen molar-refractivity contribution in [2.75, 3.05) is 6.61 Å². The van der Waals surface area contributed by atoms with Gasteiger partial charge < -0.3 is 15.3 Å². The SMILES string of the molecule is OCC(O)C(O)c1cccc2cccc(Cl)c12. The van der Waals surface area contributed by atoms with E-state index in [9.17, 15) is 10.2 Å². The molecule has 2 atom stereocenters. The average molecular weight is 253 g/mol. The Morgan fingerprint density at radius 2 is 1.71 bits per heavy atom. The summed E-state index contributed by atoms with van der Waals surface area (Å²) >= 11 is 6.10. The van der Waals surface area contributed by atoms with Crippen molar-refractivity contribution in [3.63, 3.8) is 0 Å². The van der Waals surface area contributed by atoms with Crippen LogP contribution in [0.25, 0.3) is 10.8 Å². The second-order valence-corrected chi connectivity index (χ2v) is 4.29. The predicted molar refractivity (Wildman–Crippen MR) is 67.0 cm³/mol. The van der Waals surface area contributed by atoms with Gasteiger partial charge in [0.1, 0.15) is 12.2 Å². The minimum atomic E-state index is -1.21. The van der Waals surface area contributed by atoms with E-state index in [4.69, 9.17) is 16.7 Å². The molecule has 0 saturated heterocycles. The van der Waals surface area contributed by atoms with Crippen LogP contribution in [-0.4, -0.2) is 28.0 Å². The van der Waals surface area contributed by atoms with Crippen LogP contribution in [0.2, 0.25) is 5.02 Å². The van der Waals surface area contributed by atoms with Crippen LogP contribution in [0.1, 0.15) is 11.7 Å². The van der Waals surface area contributed by atoms with Gasteiger partial charge in [0.25, 0.3) is 0 Å². The molecular formula is C13H13ClO3. The molecule has 0 heterocycles. The van der Waals surface area contributed by atoms with Crippen LogP contribution < -0.4 is 0 Å². The first-order valence-corrected chi connectivity index (χ1v) is 5.67. The average Bonchev–Trinajstić information content (AvgIpc) is 2.36. The van der Waals surface area contributed by atoms with E-state index in [1.807, 2.05) is 18.2 Å². The second kappa shape index (κ2) is 5.02. The summed E-state index contributed by atoms with van der Waals surface area (Å²) in [4.78, 5) is 0. The van der Waals surface area contributed by atoms with Gasteiger partial charge in [-0.05, 0) is 17.0 Å². The van der Waals surface area contributed by atoms with E-state index in [1.165, 1.54) is 0 Å². The van der Waals surface area contributed by atoms with E-state index in [0.29, 0.717) is 16.0 Å². The Bertz CT molecular complexity index is 522. The van der Waals surface area contributed by atoms with Gasteiger partial charge in [-0.15, -0.1) is 0 Å². The van der Waals surface area contributed by atoms with Gasteiger partial charge in [0.05, 0.1) is 6.61 Å². The molecule has 0 amide bonds. The van der Waals surface area contributed by atoms with E-state index in [-0.39, 0.29) is 0 Å². The van der Waals surface area contributed by atoms with Crippen molar-refractivity contribution < 1.29 is 15.3 Å². The zero-order valence-corrected chi connectivity index (χ0v) is 9.80. The Labute approximate surface area is 104 Å². The smallest absolute Gasteiger partial charge is 0.108 e. The Morgan fingerprint density at radius 1 is 1.06 bits per heavy atom. The first-order valence-electron chi connectivity index (χ1n) is 5.29. The van der Waals surface area contributed by atoms with E-state index in [1.54, 1.807) is 18.2 Å². The number of benzene rings is 2. The van der Waals surface area contributed by atoms with Crippen LogP contribution in [0.4, 0.5) is 0 Å². The molecule has 2 aromatic carbocycles. The highest BCUT2D eigenvalue weighted by atomic mass is 35.5. The number of aliphatic hydroxyl groups is 3. The van der Waals surface area contributed by atoms with Gasteiger partial charge in [-0.1, -0.05) is 41.9 Å². The summed E-state index contributed by atoms with van der Waals surface area (Å²) in [5.74, 6) is 0. The number of hydrogen-bond acceptors (Lipinski definition) is 3. The lowest BCUT2D eigenvalue weighted by Gasteiger charge is -2.18. The topological polar surface area (TPSA) is 60.7 Å². The molecule has 0 spiro atoms. The van der Waals surface area contributed by atoms with Crippen LogP contribution in [-0.2, 0) is 0 Å². The second-order valence-electron chi connectivity index (χ2n) is 3.88. The normalized spacial score (nSPS) is 14.8. The molecule has 2 rings (SSSR count). The van der Waals surface area contributed by atoms with Crippen LogP contribution in [0.3, 0.4) is 0 Å². The third-order valence-corrected chi connectivity index (χ3v) is 3.07. The molecule has 0 aromatic heterocycles. The van der Waals surface area contributed by atoms with Crippen LogP contribution in [0.15, 0.2) is 36.4 Å². The fraction of sp³-hybridized carbons (Fsp3) is 0.231. The Kier molecular flexibility index (Phi) is 3.64. The molecule has 2 aromatic rings. The molecule has 17 heavy (non-hydrogen) atoms. The molecule has 0 aliphatic carbocycles. The maximum absolute atomic E-state index is 9.94. The first kappa shape index (κ1) is 12.3. The lowest BCUT2D eigenvalue weighted by atomic mass is 9.97. The maximum Gasteiger partial charge on any atom is 0.108 e. The number of halogens is 1. The standard InChI is InChI=1S/C13H13ClO3/c14-10-6-2-4-8-3-1-5-9(12(8)10)13(17)11(16)7-15/h1-6,11,13,15-17H,7H2. The van der Waals surface area contributed by atoms with E-state index in [0.717, 1.165) is 5.39 Å². The first-order chi connectivity index (χ1) is 8.15. The molecule has 0 saturated carbocycles. The van der Waals surface area contributed by atoms with E-state index in [2.05, 4.69) is 0 Å². The lowest BCUT2D eigenvalue weighted by molar-refractivity contribution is -0.0145. The van der Waals surface area contributed by atoms with Crippen molar-refractivity contribution in [3.8, 4) is 0 Å². The molecule has 4 heteroatoms. The monoisotopic (exact) mass is 252 g/mol. The molecule has 0 fully saturated rings. The van der Waals surface area contributed by atoms with Crippen molar-refractivity contribution in [2.45, 2.75) is 12.2 Å². The Balaban J connectivity index is 2.61. The summed E-state index contributed by atoms with van der Waals surface area (Å²) in [5.41, 5.74) is 0.523. The van der Waals surface area contributed by atoms with Crippen molar-refractivity contribution in [3.05, 3.63) is 47.0 Å². The van der Waals surface area contributed by atoms with Crippen molar-refractivity contribution in [1.82, 2.24) is 0 Å². The molecule has 2 unspecified atom stereocenters. The van der Waals surface area contributed by atoms with Crippen molar-refractivity contribution in [1.29, 1.82) is 0 Å². The fourth-order valence-corrected chi connectivity index (χ4v) is 2.17. The Morgan fingerprint density at radius 3 is 2.35 bits per heavy atom. The molecular weight excluding hydrogens is 240 g/mol. The lowest BCUT2D eigenvalue weighted by Crippen LogP contribution is -2.22. The molecule has 3 nitrogen and oxygen atoms in total. The minimum Gasteiger partial charge on any atom is -0.394 e. The summed E-state index contributed by atoms with van der Waals surface area (Å²) in [6.07, 6.45) is -2.36. The highest BCUT2D eigenvalue weighted by molar-refractivity contribution is 6.35. The zero-order valence-electron chi connectivity index (χ0n) is 9.05. The number of rotatable bonds is 3. The summed E-state index contributed by atoms with van der Waals surface area (Å²) in [7, 11) is 0. The summed E-state index contributed by atoms with van der Waals surface area (Å²) in [5, 5.41) is 30.4. The van der Waals surface area contributed by atoms with Gasteiger partial charge in [-0.25, -0.2) is 0 Å². The minimum absolute atomic E-state index is 0.498. The highest BCUT2D eigenvalue weighted by Crippen LogP contribution is 2.31. The summed E-state index contributed by atoms with van der Waals surface area (Å²) in [6, 6.07) is 10.8. The molecule has 3 N–H and O–H groups in total. The van der Waals surface area contributed by atoms with Gasteiger partial charge in [0, 0.05) is 10.4 Å². The number of hydrogen-bond donors (Lipinski definition) is 3. The van der Waals surface area contributed by atoms with Gasteiger partial charge in [-0.3, -0.25) is 0 Å². The van der Waals surface area contributed by atoms with E-state index < -0.39 is 18.8 Å². The Hall–Kier alpha value is -1.13. The van der Waals surface area contributed by atoms with Crippen LogP contribution >= 0.6 is 11.6 Å².